The minimum atomic E-state index is -0.275. The van der Waals surface area contributed by atoms with Crippen LogP contribution in [0.4, 0.5) is 5.69 Å². The second-order valence-corrected chi connectivity index (χ2v) is 6.52. The predicted molar refractivity (Wildman–Crippen MR) is 96.2 cm³/mol. The molecule has 0 spiro atoms. The Morgan fingerprint density at radius 1 is 1.29 bits per heavy atom. The van der Waals surface area contributed by atoms with E-state index in [1.807, 2.05) is 37.3 Å². The molecule has 0 radical (unpaired) electrons. The quantitative estimate of drug-likeness (QED) is 0.677. The van der Waals surface area contributed by atoms with Crippen molar-refractivity contribution in [1.82, 2.24) is 9.97 Å². The highest BCUT2D eigenvalue weighted by Crippen LogP contribution is 2.28. The van der Waals surface area contributed by atoms with Crippen LogP contribution < -0.4 is 5.32 Å². The molecular weight excluding hydrogens is 322 g/mol. The van der Waals surface area contributed by atoms with Crippen LogP contribution in [0.3, 0.4) is 0 Å². The number of aromatic nitrogens is 2. The zero-order chi connectivity index (χ0) is 16.9. The minimum Gasteiger partial charge on any atom is -0.430 e. The van der Waals surface area contributed by atoms with Gasteiger partial charge < -0.3 is 9.73 Å². The van der Waals surface area contributed by atoms with Crippen LogP contribution in [0.25, 0.3) is 11.2 Å². The number of nitrogens with one attached hydrogen (secondary N) is 1. The van der Waals surface area contributed by atoms with Crippen LogP contribution in [0.5, 0.6) is 0 Å². The zero-order valence-electron chi connectivity index (χ0n) is 13.7. The number of hydrogen-bond donors (Lipinski definition) is 1. The highest BCUT2D eigenvalue weighted by molar-refractivity contribution is 8.00. The van der Waals surface area contributed by atoms with E-state index in [1.54, 1.807) is 12.3 Å². The molecule has 0 aliphatic heterocycles. The van der Waals surface area contributed by atoms with Crippen LogP contribution in [-0.2, 0) is 11.2 Å². The molecule has 3 rings (SSSR count). The Morgan fingerprint density at radius 2 is 2.17 bits per heavy atom. The van der Waals surface area contributed by atoms with Gasteiger partial charge in [0.1, 0.15) is 0 Å². The number of aryl methyl sites for hydroxylation is 1. The number of pyridine rings is 1. The average molecular weight is 341 g/mol. The Labute approximate surface area is 144 Å². The Balaban J connectivity index is 1.71. The van der Waals surface area contributed by atoms with Gasteiger partial charge >= 0.3 is 0 Å². The van der Waals surface area contributed by atoms with Crippen molar-refractivity contribution < 1.29 is 9.21 Å². The summed E-state index contributed by atoms with van der Waals surface area (Å²) in [6.07, 6.45) is 3.28. The molecule has 124 valence electrons. The lowest BCUT2D eigenvalue weighted by Crippen LogP contribution is -2.24. The molecule has 2 aromatic heterocycles. The zero-order valence-corrected chi connectivity index (χ0v) is 14.5. The summed E-state index contributed by atoms with van der Waals surface area (Å²) in [6, 6.07) is 11.5. The molecule has 0 aliphatic rings. The summed E-state index contributed by atoms with van der Waals surface area (Å²) < 4.78 is 5.65. The molecule has 6 heteroatoms. The van der Waals surface area contributed by atoms with E-state index >= 15 is 0 Å². The lowest BCUT2D eigenvalue weighted by molar-refractivity contribution is -0.115. The fraction of sp³-hybridized carbons (Fsp3) is 0.278. The van der Waals surface area contributed by atoms with Crippen LogP contribution in [0.1, 0.15) is 25.8 Å². The van der Waals surface area contributed by atoms with Gasteiger partial charge in [-0.25, -0.2) is 4.98 Å². The molecule has 0 bridgehead atoms. The number of carbonyl (C=O) groups is 1. The van der Waals surface area contributed by atoms with Gasteiger partial charge in [-0.2, -0.15) is 4.98 Å². The molecule has 3 aromatic rings. The number of fused-ring (bicyclic) bond motifs is 1. The summed E-state index contributed by atoms with van der Waals surface area (Å²) >= 11 is 1.32. The Kier molecular flexibility index (Phi) is 5.15. The van der Waals surface area contributed by atoms with E-state index in [-0.39, 0.29) is 11.2 Å². The SMILES string of the molecule is CCc1cccc(NC(=O)[C@@H](CC)Sc2nc3ncccc3o2)c1. The summed E-state index contributed by atoms with van der Waals surface area (Å²) in [5.74, 6) is -0.0500. The van der Waals surface area contributed by atoms with E-state index in [0.29, 0.717) is 22.9 Å². The van der Waals surface area contributed by atoms with Gasteiger partial charge in [-0.1, -0.05) is 37.7 Å². The third-order valence-electron chi connectivity index (χ3n) is 3.65. The number of thioether (sulfide) groups is 1. The first-order valence-electron chi connectivity index (χ1n) is 7.97. The topological polar surface area (TPSA) is 68.0 Å². The molecule has 5 nitrogen and oxygen atoms in total. The second kappa shape index (κ2) is 7.49. The molecule has 0 unspecified atom stereocenters. The van der Waals surface area contributed by atoms with Gasteiger partial charge in [-0.05, 0) is 42.7 Å². The van der Waals surface area contributed by atoms with Crippen LogP contribution in [0.2, 0.25) is 0 Å². The first-order valence-corrected chi connectivity index (χ1v) is 8.85. The average Bonchev–Trinajstić information content (AvgIpc) is 3.02. The van der Waals surface area contributed by atoms with Crippen molar-refractivity contribution in [1.29, 1.82) is 0 Å². The summed E-state index contributed by atoms with van der Waals surface area (Å²) in [5, 5.41) is 3.17. The minimum absolute atomic E-state index is 0.0500. The number of nitrogens with zero attached hydrogens (tertiary/aromatic N) is 2. The molecule has 2 heterocycles. The van der Waals surface area contributed by atoms with Crippen molar-refractivity contribution in [2.24, 2.45) is 0 Å². The van der Waals surface area contributed by atoms with Crippen LogP contribution in [0, 0.1) is 0 Å². The van der Waals surface area contributed by atoms with Gasteiger partial charge in [0.15, 0.2) is 11.2 Å². The standard InChI is InChI=1S/C18H19N3O2S/c1-3-12-7-5-8-13(11-12)20-17(22)15(4-2)24-18-21-16-14(23-18)9-6-10-19-16/h5-11,15H,3-4H2,1-2H3,(H,20,22)/t15-/m1/s1. The van der Waals surface area contributed by atoms with Crippen LogP contribution in [0.15, 0.2) is 52.2 Å². The van der Waals surface area contributed by atoms with E-state index in [9.17, 15) is 4.79 Å². The monoisotopic (exact) mass is 341 g/mol. The third kappa shape index (κ3) is 3.76. The van der Waals surface area contributed by atoms with Gasteiger partial charge in [0, 0.05) is 11.9 Å². The molecule has 1 N–H and O–H groups in total. The molecule has 1 aromatic carbocycles. The number of benzene rings is 1. The number of oxazole rings is 1. The van der Waals surface area contributed by atoms with Gasteiger partial charge in [0.05, 0.1) is 5.25 Å². The maximum absolute atomic E-state index is 12.5. The molecule has 0 saturated carbocycles. The first-order chi connectivity index (χ1) is 11.7. The molecule has 0 aliphatic carbocycles. The summed E-state index contributed by atoms with van der Waals surface area (Å²) in [6.45, 7) is 4.06. The summed E-state index contributed by atoms with van der Waals surface area (Å²) in [5.41, 5.74) is 3.20. The summed E-state index contributed by atoms with van der Waals surface area (Å²) in [4.78, 5) is 21.0. The third-order valence-corrected chi connectivity index (χ3v) is 4.86. The maximum atomic E-state index is 12.5. The Bertz CT molecular complexity index is 814. The van der Waals surface area contributed by atoms with E-state index in [0.717, 1.165) is 12.1 Å². The van der Waals surface area contributed by atoms with Crippen molar-refractivity contribution >= 4 is 34.6 Å². The molecule has 0 saturated heterocycles. The van der Waals surface area contributed by atoms with Gasteiger partial charge in [-0.15, -0.1) is 0 Å². The largest absolute Gasteiger partial charge is 0.430 e. The second-order valence-electron chi connectivity index (χ2n) is 5.36. The van der Waals surface area contributed by atoms with Crippen LogP contribution >= 0.6 is 11.8 Å². The van der Waals surface area contributed by atoms with Crippen molar-refractivity contribution in [3.8, 4) is 0 Å². The molecule has 24 heavy (non-hydrogen) atoms. The molecule has 1 amide bonds. The maximum Gasteiger partial charge on any atom is 0.259 e. The van der Waals surface area contributed by atoms with Crippen LogP contribution in [-0.4, -0.2) is 21.1 Å². The van der Waals surface area contributed by atoms with E-state index in [2.05, 4.69) is 22.2 Å². The van der Waals surface area contributed by atoms with Crippen molar-refractivity contribution in [2.75, 3.05) is 5.32 Å². The summed E-state index contributed by atoms with van der Waals surface area (Å²) in [7, 11) is 0. The number of carbonyl (C=O) groups excluding carboxylic acids is 1. The number of rotatable bonds is 6. The molecular formula is C18H19N3O2S. The van der Waals surface area contributed by atoms with E-state index in [4.69, 9.17) is 4.42 Å². The highest BCUT2D eigenvalue weighted by atomic mass is 32.2. The smallest absolute Gasteiger partial charge is 0.259 e. The van der Waals surface area contributed by atoms with E-state index in [1.165, 1.54) is 17.3 Å². The van der Waals surface area contributed by atoms with Gasteiger partial charge in [-0.3, -0.25) is 4.79 Å². The normalized spacial score (nSPS) is 12.2. The Morgan fingerprint density at radius 3 is 2.92 bits per heavy atom. The van der Waals surface area contributed by atoms with Gasteiger partial charge in [0.2, 0.25) is 5.91 Å². The van der Waals surface area contributed by atoms with Crippen molar-refractivity contribution in [3.63, 3.8) is 0 Å². The fourth-order valence-electron chi connectivity index (χ4n) is 2.34. The van der Waals surface area contributed by atoms with E-state index < -0.39 is 0 Å². The number of amides is 1. The fourth-order valence-corrected chi connectivity index (χ4v) is 3.19. The van der Waals surface area contributed by atoms with Gasteiger partial charge in [0.25, 0.3) is 5.22 Å². The lowest BCUT2D eigenvalue weighted by atomic mass is 10.1. The first kappa shape index (κ1) is 16.5. The van der Waals surface area contributed by atoms with Crippen molar-refractivity contribution in [2.45, 2.75) is 37.2 Å². The number of hydrogen-bond acceptors (Lipinski definition) is 5. The molecule has 0 fully saturated rings. The molecule has 1 atom stereocenters. The van der Waals surface area contributed by atoms with Crippen molar-refractivity contribution in [3.05, 3.63) is 48.2 Å². The Hall–Kier alpha value is -2.34. The predicted octanol–water partition coefficient (Wildman–Crippen LogP) is 4.29. The highest BCUT2D eigenvalue weighted by Gasteiger charge is 2.21. The lowest BCUT2D eigenvalue weighted by Gasteiger charge is -2.13. The number of anilines is 1.